The van der Waals surface area contributed by atoms with Gasteiger partial charge in [0.2, 0.25) is 6.29 Å². The molecule has 2 aromatic rings. The molecular weight excluding hydrogens is 661 g/mol. The Morgan fingerprint density at radius 2 is 1.94 bits per heavy atom. The number of ether oxygens (including phenoxy) is 4. The number of carboxylic acid groups (broad SMARTS) is 1. The second kappa shape index (κ2) is 14.7. The van der Waals surface area contributed by atoms with Crippen molar-refractivity contribution in [2.75, 3.05) is 37.9 Å². The van der Waals surface area contributed by atoms with Crippen LogP contribution in [0.1, 0.15) is 25.0 Å². The molecule has 0 aromatic heterocycles. The van der Waals surface area contributed by atoms with Gasteiger partial charge in [-0.25, -0.2) is 4.79 Å². The molecule has 14 heteroatoms. The number of aliphatic carboxylic acids is 1. The summed E-state index contributed by atoms with van der Waals surface area (Å²) in [6.07, 6.45) is -2.29. The lowest BCUT2D eigenvalue weighted by Crippen LogP contribution is -2.72. The number of fused-ring (bicyclic) bond motifs is 2. The highest BCUT2D eigenvalue weighted by Crippen LogP contribution is 2.41. The van der Waals surface area contributed by atoms with E-state index in [-0.39, 0.29) is 48.2 Å². The monoisotopic (exact) mass is 700 g/mol. The van der Waals surface area contributed by atoms with E-state index in [1.165, 1.54) is 34.6 Å². The maximum atomic E-state index is 12.3. The van der Waals surface area contributed by atoms with E-state index in [1.54, 1.807) is 35.1 Å². The quantitative estimate of drug-likeness (QED) is 0.241. The fraction of sp³-hybridized carbons (Fsp3) is 0.471. The summed E-state index contributed by atoms with van der Waals surface area (Å²) in [6.45, 7) is 5.40. The van der Waals surface area contributed by atoms with Gasteiger partial charge in [-0.2, -0.15) is 0 Å². The number of carboxylic acids is 1. The van der Waals surface area contributed by atoms with Crippen LogP contribution in [0.3, 0.4) is 0 Å². The van der Waals surface area contributed by atoms with Crippen LogP contribution in [-0.2, 0) is 14.3 Å². The highest BCUT2D eigenvalue weighted by Gasteiger charge is 2.59. The molecule has 0 amide bonds. The molecule has 2 fully saturated rings. The van der Waals surface area contributed by atoms with Gasteiger partial charge in [0.15, 0.2) is 11.7 Å². The number of hydrogen-bond acceptors (Lipinski definition) is 13. The number of rotatable bonds is 6. The summed E-state index contributed by atoms with van der Waals surface area (Å²) in [7, 11) is 3.04. The van der Waals surface area contributed by atoms with E-state index in [9.17, 15) is 30.3 Å². The van der Waals surface area contributed by atoms with Crippen LogP contribution in [0, 0.1) is 17.8 Å². The highest BCUT2D eigenvalue weighted by molar-refractivity contribution is 8.76. The van der Waals surface area contributed by atoms with Crippen LogP contribution < -0.4 is 14.8 Å². The normalized spacial score (nSPS) is 31.1. The van der Waals surface area contributed by atoms with Crippen molar-refractivity contribution >= 4 is 45.1 Å². The predicted molar refractivity (Wildman–Crippen MR) is 183 cm³/mol. The Hall–Kier alpha value is -3.24. The number of aromatic hydroxyl groups is 1. The molecule has 2 saturated heterocycles. The van der Waals surface area contributed by atoms with E-state index in [2.05, 4.69) is 30.2 Å². The van der Waals surface area contributed by atoms with E-state index in [0.29, 0.717) is 41.5 Å². The number of nitrogens with zero attached hydrogens (tertiary/aromatic N) is 1. The summed E-state index contributed by atoms with van der Waals surface area (Å²) in [4.78, 5) is 16.6. The lowest BCUT2D eigenvalue weighted by molar-refractivity contribution is -0.316. The molecular formula is C34H40N2O10S2. The van der Waals surface area contributed by atoms with Crippen molar-refractivity contribution < 1.29 is 49.3 Å². The van der Waals surface area contributed by atoms with Gasteiger partial charge in [0.05, 0.1) is 12.1 Å². The zero-order valence-electron chi connectivity index (χ0n) is 26.5. The third-order valence-electron chi connectivity index (χ3n) is 9.25. The number of carbonyl (C=O) groups is 1. The number of β-amino-alcohol motifs (C(OH)–C–C–N with tert-alkyl or cyclic N) is 1. The van der Waals surface area contributed by atoms with Gasteiger partial charge >= 0.3 is 5.97 Å². The standard InChI is InChI=1S/C34H40N2O10S2/c1-18(2)24-13-36-16-34(42)31(44-17-48-47-15-26(24)20-9-10-35-12-20)29(39)30(32(40)41)46-33(34)45-22-7-8-23-27(11-22)43-14-25(28(23)38)19-3-5-21(37)6-4-19/h3-9,11-12,18,24,26,29-31,33,36-39,42H,10,13-17H2,1-2H3,(H,40,41). The van der Waals surface area contributed by atoms with Crippen molar-refractivity contribution in [3.63, 3.8) is 0 Å². The van der Waals surface area contributed by atoms with Gasteiger partial charge < -0.3 is 49.8 Å². The minimum atomic E-state index is -2.02. The van der Waals surface area contributed by atoms with Crippen LogP contribution >= 0.6 is 21.6 Å². The van der Waals surface area contributed by atoms with Crippen LogP contribution in [0.2, 0.25) is 0 Å². The fourth-order valence-corrected chi connectivity index (χ4v) is 8.63. The average Bonchev–Trinajstić information content (AvgIpc) is 3.59. The SMILES string of the molecule is CC(C)C1CNCC2(O)C(Oc3ccc4c(c3)OCC(c3ccc(O)cc3)=C4O)OC(C(=O)O)C(O)C2OCSSCC1C1=CCN=C1. The lowest BCUT2D eigenvalue weighted by Gasteiger charge is -2.48. The minimum absolute atomic E-state index is 0.0000913. The summed E-state index contributed by atoms with van der Waals surface area (Å²) in [6, 6.07) is 11.1. The van der Waals surface area contributed by atoms with Gasteiger partial charge in [0.25, 0.3) is 0 Å². The first-order valence-corrected chi connectivity index (χ1v) is 18.3. The van der Waals surface area contributed by atoms with Crippen LogP contribution in [0.25, 0.3) is 11.3 Å². The summed E-state index contributed by atoms with van der Waals surface area (Å²) in [5.41, 5.74) is 0.785. The fourth-order valence-electron chi connectivity index (χ4n) is 6.58. The van der Waals surface area contributed by atoms with Crippen molar-refractivity contribution in [1.29, 1.82) is 0 Å². The van der Waals surface area contributed by atoms with Gasteiger partial charge in [-0.1, -0.05) is 53.6 Å². The minimum Gasteiger partial charge on any atom is -0.508 e. The summed E-state index contributed by atoms with van der Waals surface area (Å²) < 4.78 is 24.0. The van der Waals surface area contributed by atoms with Crippen LogP contribution in [0.15, 0.2) is 59.1 Å². The molecule has 258 valence electrons. The number of aliphatic imine (C=N–C) groups is 1. The molecule has 2 aromatic carbocycles. The zero-order valence-corrected chi connectivity index (χ0v) is 28.2. The first kappa shape index (κ1) is 34.6. The molecule has 6 N–H and O–H groups in total. The second-order valence-corrected chi connectivity index (χ2v) is 15.1. The number of aliphatic hydroxyl groups excluding tert-OH is 2. The summed E-state index contributed by atoms with van der Waals surface area (Å²) in [5.74, 6) is 0.714. The van der Waals surface area contributed by atoms with Crippen molar-refractivity contribution in [3.8, 4) is 17.2 Å². The lowest BCUT2D eigenvalue weighted by atomic mass is 9.79. The number of benzene rings is 2. The Labute approximate surface area is 286 Å². The number of hydrogen-bond donors (Lipinski definition) is 6. The molecule has 7 atom stereocenters. The maximum Gasteiger partial charge on any atom is 0.335 e. The molecule has 12 nitrogen and oxygen atoms in total. The molecule has 4 heterocycles. The van der Waals surface area contributed by atoms with E-state index in [4.69, 9.17) is 18.9 Å². The van der Waals surface area contributed by atoms with Crippen LogP contribution in [-0.4, -0.2) is 106 Å². The molecule has 0 bridgehead atoms. The largest absolute Gasteiger partial charge is 0.508 e. The highest BCUT2D eigenvalue weighted by atomic mass is 33.1. The smallest absolute Gasteiger partial charge is 0.335 e. The van der Waals surface area contributed by atoms with E-state index >= 15 is 0 Å². The predicted octanol–water partition coefficient (Wildman–Crippen LogP) is 3.72. The van der Waals surface area contributed by atoms with Gasteiger partial charge in [-0.3, -0.25) is 4.99 Å². The number of nitrogens with one attached hydrogen (secondary N) is 1. The van der Waals surface area contributed by atoms with Crippen LogP contribution in [0.4, 0.5) is 0 Å². The molecule has 4 aliphatic heterocycles. The van der Waals surface area contributed by atoms with E-state index < -0.39 is 36.2 Å². The number of allylic oxidation sites excluding steroid dienone is 1. The molecule has 7 unspecified atom stereocenters. The molecule has 0 radical (unpaired) electrons. The topological polar surface area (TPSA) is 180 Å². The van der Waals surface area contributed by atoms with E-state index in [0.717, 1.165) is 5.75 Å². The molecule has 0 saturated carbocycles. The van der Waals surface area contributed by atoms with Gasteiger partial charge in [0, 0.05) is 30.2 Å². The Bertz CT molecular complexity index is 1580. The third-order valence-corrected chi connectivity index (χ3v) is 11.3. The number of aliphatic hydroxyl groups is 3. The number of phenolic OH excluding ortho intramolecular Hbond substituents is 1. The second-order valence-electron chi connectivity index (χ2n) is 12.6. The maximum absolute atomic E-state index is 12.3. The Morgan fingerprint density at radius 3 is 2.65 bits per heavy atom. The third kappa shape index (κ3) is 7.06. The molecule has 6 rings (SSSR count). The molecule has 0 spiro atoms. The average molecular weight is 701 g/mol. The van der Waals surface area contributed by atoms with Gasteiger partial charge in [0.1, 0.15) is 47.8 Å². The Morgan fingerprint density at radius 1 is 1.15 bits per heavy atom. The summed E-state index contributed by atoms with van der Waals surface area (Å²) in [5, 5.41) is 57.5. The first-order chi connectivity index (χ1) is 23.1. The molecule has 4 aliphatic rings. The van der Waals surface area contributed by atoms with Gasteiger partial charge in [-0.05, 0) is 59.7 Å². The van der Waals surface area contributed by atoms with Crippen molar-refractivity contribution in [2.45, 2.75) is 44.1 Å². The van der Waals surface area contributed by atoms with Crippen LogP contribution in [0.5, 0.6) is 17.2 Å². The zero-order chi connectivity index (χ0) is 34.0. The Balaban J connectivity index is 1.28. The van der Waals surface area contributed by atoms with Gasteiger partial charge in [-0.15, -0.1) is 0 Å². The number of phenols is 1. The Kier molecular flexibility index (Phi) is 10.6. The van der Waals surface area contributed by atoms with Crippen molar-refractivity contribution in [1.82, 2.24) is 5.32 Å². The summed E-state index contributed by atoms with van der Waals surface area (Å²) >= 11 is 0. The molecule has 48 heavy (non-hydrogen) atoms. The van der Waals surface area contributed by atoms with Crippen molar-refractivity contribution in [2.24, 2.45) is 22.7 Å². The van der Waals surface area contributed by atoms with Crippen molar-refractivity contribution in [3.05, 3.63) is 65.2 Å². The molecule has 0 aliphatic carbocycles. The van der Waals surface area contributed by atoms with E-state index in [1.807, 2.05) is 6.21 Å². The first-order valence-electron chi connectivity index (χ1n) is 15.8.